The lowest BCUT2D eigenvalue weighted by Gasteiger charge is -2.07. The van der Waals surface area contributed by atoms with Crippen LogP contribution >= 0.6 is 15.9 Å². The van der Waals surface area contributed by atoms with Crippen LogP contribution in [0.3, 0.4) is 0 Å². The van der Waals surface area contributed by atoms with Crippen LogP contribution in [0.25, 0.3) is 22.9 Å². The van der Waals surface area contributed by atoms with E-state index in [9.17, 15) is 13.2 Å². The van der Waals surface area contributed by atoms with E-state index in [4.69, 9.17) is 0 Å². The van der Waals surface area contributed by atoms with Crippen molar-refractivity contribution >= 4 is 15.9 Å². The van der Waals surface area contributed by atoms with Crippen LogP contribution in [0.5, 0.6) is 0 Å². The molecular formula is C16H13BrF3N5. The Morgan fingerprint density at radius 1 is 1.20 bits per heavy atom. The summed E-state index contributed by atoms with van der Waals surface area (Å²) in [6.45, 7) is 1.58. The Morgan fingerprint density at radius 3 is 2.64 bits per heavy atom. The molecule has 0 amide bonds. The molecule has 0 atom stereocenters. The molecule has 5 nitrogen and oxygen atoms in total. The molecule has 2 aromatic heterocycles. The lowest BCUT2D eigenvalue weighted by atomic mass is 10.1. The summed E-state index contributed by atoms with van der Waals surface area (Å²) in [5.74, 6) is 0.603. The van der Waals surface area contributed by atoms with Crippen LogP contribution in [0.15, 0.2) is 41.3 Å². The van der Waals surface area contributed by atoms with E-state index in [2.05, 4.69) is 36.0 Å². The van der Waals surface area contributed by atoms with Crippen molar-refractivity contribution in [1.29, 1.82) is 0 Å². The van der Waals surface area contributed by atoms with Gasteiger partial charge in [-0.3, -0.25) is 4.98 Å². The van der Waals surface area contributed by atoms with E-state index in [1.54, 1.807) is 6.07 Å². The maximum atomic E-state index is 12.6. The van der Waals surface area contributed by atoms with Gasteiger partial charge in [0.2, 0.25) is 0 Å². The number of halogens is 4. The number of aryl methyl sites for hydroxylation is 2. The molecule has 0 aliphatic heterocycles. The van der Waals surface area contributed by atoms with E-state index in [1.807, 2.05) is 19.1 Å². The summed E-state index contributed by atoms with van der Waals surface area (Å²) >= 11 is 3.42. The highest BCUT2D eigenvalue weighted by Crippen LogP contribution is 2.26. The highest BCUT2D eigenvalue weighted by Gasteiger charge is 2.28. The molecule has 0 saturated carbocycles. The second kappa shape index (κ2) is 6.91. The second-order valence-electron chi connectivity index (χ2n) is 5.40. The predicted octanol–water partition coefficient (Wildman–Crippen LogP) is 4.43. The molecule has 3 aromatic rings. The van der Waals surface area contributed by atoms with Crippen molar-refractivity contribution in [1.82, 2.24) is 24.7 Å². The molecule has 0 fully saturated rings. The Kier molecular flexibility index (Phi) is 4.85. The maximum Gasteiger partial charge on any atom is 0.390 e. The van der Waals surface area contributed by atoms with Crippen molar-refractivity contribution in [2.24, 2.45) is 0 Å². The lowest BCUT2D eigenvalue weighted by Crippen LogP contribution is -2.14. The van der Waals surface area contributed by atoms with E-state index in [0.717, 1.165) is 15.6 Å². The summed E-state index contributed by atoms with van der Waals surface area (Å²) in [4.78, 5) is 12.5. The Balaban J connectivity index is 2.03. The van der Waals surface area contributed by atoms with Gasteiger partial charge in [-0.05, 0) is 30.7 Å². The van der Waals surface area contributed by atoms with E-state index in [-0.39, 0.29) is 12.4 Å². The molecular weight excluding hydrogens is 399 g/mol. The minimum Gasteiger partial charge on any atom is -0.261 e. The van der Waals surface area contributed by atoms with Gasteiger partial charge in [0.15, 0.2) is 11.6 Å². The van der Waals surface area contributed by atoms with Crippen molar-refractivity contribution < 1.29 is 13.2 Å². The summed E-state index contributed by atoms with van der Waals surface area (Å²) in [5, 5.41) is 4.25. The van der Waals surface area contributed by atoms with E-state index in [1.165, 1.54) is 23.3 Å². The second-order valence-corrected chi connectivity index (χ2v) is 6.26. The Hall–Kier alpha value is -2.29. The Bertz CT molecular complexity index is 877. The van der Waals surface area contributed by atoms with Gasteiger partial charge in [-0.2, -0.15) is 18.3 Å². The molecule has 0 spiro atoms. The average Bonchev–Trinajstić information content (AvgIpc) is 3.00. The highest BCUT2D eigenvalue weighted by molar-refractivity contribution is 9.10. The number of aromatic nitrogens is 5. The lowest BCUT2D eigenvalue weighted by molar-refractivity contribution is -0.137. The Labute approximate surface area is 150 Å². The number of rotatable bonds is 4. The van der Waals surface area contributed by atoms with Gasteiger partial charge in [-0.25, -0.2) is 14.6 Å². The van der Waals surface area contributed by atoms with Crippen LogP contribution < -0.4 is 0 Å². The van der Waals surface area contributed by atoms with Crippen LogP contribution in [0, 0.1) is 6.92 Å². The fraction of sp³-hybridized carbons (Fsp3) is 0.250. The molecule has 0 radical (unpaired) electrons. The molecule has 0 N–H and O–H groups in total. The predicted molar refractivity (Wildman–Crippen MR) is 89.6 cm³/mol. The van der Waals surface area contributed by atoms with E-state index in [0.29, 0.717) is 11.5 Å². The van der Waals surface area contributed by atoms with Gasteiger partial charge in [0.25, 0.3) is 0 Å². The van der Waals surface area contributed by atoms with Crippen molar-refractivity contribution in [3.63, 3.8) is 0 Å². The third-order valence-corrected chi connectivity index (χ3v) is 4.38. The van der Waals surface area contributed by atoms with Crippen molar-refractivity contribution in [3.05, 3.63) is 46.8 Å². The summed E-state index contributed by atoms with van der Waals surface area (Å²) < 4.78 is 40.0. The Morgan fingerprint density at radius 2 is 2.00 bits per heavy atom. The zero-order valence-corrected chi connectivity index (χ0v) is 14.7. The molecule has 25 heavy (non-hydrogen) atoms. The third kappa shape index (κ3) is 4.22. The van der Waals surface area contributed by atoms with Crippen LogP contribution in [0.1, 0.15) is 12.0 Å². The summed E-state index contributed by atoms with van der Waals surface area (Å²) in [5.41, 5.74) is 2.07. The first kappa shape index (κ1) is 17.5. The van der Waals surface area contributed by atoms with Gasteiger partial charge < -0.3 is 0 Å². The summed E-state index contributed by atoms with van der Waals surface area (Å²) in [6.07, 6.45) is -0.881. The largest absolute Gasteiger partial charge is 0.390 e. The number of hydrogen-bond acceptors (Lipinski definition) is 4. The SMILES string of the molecule is Cc1cc(-c2nc(-c3cnccn3)n(CCC(F)(F)F)n2)ccc1Br. The molecule has 2 heterocycles. The van der Waals surface area contributed by atoms with E-state index < -0.39 is 12.6 Å². The first-order chi connectivity index (χ1) is 11.8. The molecule has 0 bridgehead atoms. The third-order valence-electron chi connectivity index (χ3n) is 3.49. The smallest absolute Gasteiger partial charge is 0.261 e. The number of alkyl halides is 3. The fourth-order valence-electron chi connectivity index (χ4n) is 2.24. The summed E-state index contributed by atoms with van der Waals surface area (Å²) in [7, 11) is 0. The maximum absolute atomic E-state index is 12.6. The average molecular weight is 412 g/mol. The molecule has 0 aliphatic carbocycles. The zero-order valence-electron chi connectivity index (χ0n) is 13.1. The van der Waals surface area contributed by atoms with Gasteiger partial charge in [-0.1, -0.05) is 15.9 Å². The van der Waals surface area contributed by atoms with Crippen molar-refractivity contribution in [2.45, 2.75) is 26.1 Å². The molecule has 3 rings (SSSR count). The number of benzene rings is 1. The number of nitrogens with zero attached hydrogens (tertiary/aromatic N) is 5. The molecule has 1 aromatic carbocycles. The highest BCUT2D eigenvalue weighted by atomic mass is 79.9. The molecule has 0 aliphatic rings. The molecule has 9 heteroatoms. The van der Waals surface area contributed by atoms with Gasteiger partial charge in [-0.15, -0.1) is 0 Å². The van der Waals surface area contributed by atoms with E-state index >= 15 is 0 Å². The van der Waals surface area contributed by atoms with Gasteiger partial charge in [0.1, 0.15) is 5.69 Å². The molecule has 0 saturated heterocycles. The quantitative estimate of drug-likeness (QED) is 0.637. The van der Waals surface area contributed by atoms with Gasteiger partial charge >= 0.3 is 6.18 Å². The van der Waals surface area contributed by atoms with Crippen molar-refractivity contribution in [3.8, 4) is 22.9 Å². The standard InChI is InChI=1S/C16H13BrF3N5/c1-10-8-11(2-3-12(10)17)14-23-15(13-9-21-5-6-22-13)25(24-14)7-4-16(18,19)20/h2-3,5-6,8-9H,4,7H2,1H3. The van der Waals surface area contributed by atoms with Gasteiger partial charge in [0.05, 0.1) is 19.2 Å². The summed E-state index contributed by atoms with van der Waals surface area (Å²) in [6, 6.07) is 5.53. The zero-order chi connectivity index (χ0) is 18.0. The van der Waals surface area contributed by atoms with Gasteiger partial charge in [0, 0.05) is 22.4 Å². The molecule has 130 valence electrons. The first-order valence-corrected chi connectivity index (χ1v) is 8.17. The normalized spacial score (nSPS) is 11.7. The monoisotopic (exact) mass is 411 g/mol. The van der Waals surface area contributed by atoms with Crippen LogP contribution in [0.4, 0.5) is 13.2 Å². The van der Waals surface area contributed by atoms with Crippen molar-refractivity contribution in [2.75, 3.05) is 0 Å². The molecule has 0 unspecified atom stereocenters. The minimum absolute atomic E-state index is 0.257. The van der Waals surface area contributed by atoms with Crippen LogP contribution in [0.2, 0.25) is 0 Å². The first-order valence-electron chi connectivity index (χ1n) is 7.38. The van der Waals surface area contributed by atoms with Crippen LogP contribution in [-0.4, -0.2) is 30.9 Å². The topological polar surface area (TPSA) is 56.5 Å². The van der Waals surface area contributed by atoms with Crippen LogP contribution in [-0.2, 0) is 6.54 Å². The fourth-order valence-corrected chi connectivity index (χ4v) is 2.49. The minimum atomic E-state index is -4.28. The number of hydrogen-bond donors (Lipinski definition) is 0.